The summed E-state index contributed by atoms with van der Waals surface area (Å²) in [5, 5.41) is 8.86. The van der Waals surface area contributed by atoms with E-state index in [-0.39, 0.29) is 19.8 Å². The number of nitrogens with zero attached hydrogens (tertiary/aromatic N) is 1. The minimum atomic E-state index is -3.99. The van der Waals surface area contributed by atoms with Crippen molar-refractivity contribution < 1.29 is 32.6 Å². The molecule has 0 spiro atoms. The van der Waals surface area contributed by atoms with Crippen molar-refractivity contribution in [3.8, 4) is 0 Å². The Kier molecular flexibility index (Phi) is 4.43. The van der Waals surface area contributed by atoms with Crippen LogP contribution in [0.5, 0.6) is 0 Å². The normalized spacial score (nSPS) is 22.1. The zero-order valence-electron chi connectivity index (χ0n) is 9.16. The number of carboxylic acid groups (broad SMARTS) is 1. The number of carbonyl (C=O) groups excluding carboxylic acids is 1. The summed E-state index contributed by atoms with van der Waals surface area (Å²) in [6.07, 6.45) is 0. The number of hydrogen-bond donors (Lipinski definition) is 1. The molecule has 98 valence electrons. The highest BCUT2D eigenvalue weighted by Gasteiger charge is 2.38. The van der Waals surface area contributed by atoms with E-state index in [2.05, 4.69) is 4.74 Å². The van der Waals surface area contributed by atoms with Crippen LogP contribution in [0, 0.1) is 0 Å². The number of carboxylic acids is 1. The molecule has 0 aromatic heterocycles. The van der Waals surface area contributed by atoms with Gasteiger partial charge in [-0.3, -0.25) is 9.59 Å². The number of aliphatic carboxylic acids is 1. The third kappa shape index (κ3) is 3.38. The van der Waals surface area contributed by atoms with Gasteiger partial charge in [0, 0.05) is 6.54 Å². The van der Waals surface area contributed by atoms with Crippen LogP contribution >= 0.6 is 0 Å². The first-order valence-corrected chi connectivity index (χ1v) is 6.36. The van der Waals surface area contributed by atoms with Gasteiger partial charge in [-0.1, -0.05) is 0 Å². The number of morpholine rings is 1. The van der Waals surface area contributed by atoms with Crippen LogP contribution in [-0.4, -0.2) is 68.4 Å². The number of esters is 1. The summed E-state index contributed by atoms with van der Waals surface area (Å²) < 4.78 is 33.5. The van der Waals surface area contributed by atoms with Crippen LogP contribution in [0.3, 0.4) is 0 Å². The third-order valence-electron chi connectivity index (χ3n) is 2.25. The van der Waals surface area contributed by atoms with E-state index in [0.29, 0.717) is 0 Å². The van der Waals surface area contributed by atoms with E-state index in [0.717, 1.165) is 11.4 Å². The average Bonchev–Trinajstić information content (AvgIpc) is 2.28. The molecular formula is C8H13NO7S. The second-order valence-electron chi connectivity index (χ2n) is 3.37. The molecule has 1 rings (SSSR count). The molecular weight excluding hydrogens is 254 g/mol. The second-order valence-corrected chi connectivity index (χ2v) is 5.29. The van der Waals surface area contributed by atoms with Gasteiger partial charge < -0.3 is 14.6 Å². The van der Waals surface area contributed by atoms with Crippen molar-refractivity contribution in [3.63, 3.8) is 0 Å². The molecule has 1 unspecified atom stereocenters. The lowest BCUT2D eigenvalue weighted by atomic mass is 10.3. The molecule has 1 heterocycles. The van der Waals surface area contributed by atoms with Crippen LogP contribution in [0.1, 0.15) is 0 Å². The van der Waals surface area contributed by atoms with Crippen LogP contribution in [0.15, 0.2) is 0 Å². The molecule has 1 fully saturated rings. The van der Waals surface area contributed by atoms with E-state index in [4.69, 9.17) is 9.84 Å². The van der Waals surface area contributed by atoms with E-state index in [1.165, 1.54) is 0 Å². The first-order valence-electron chi connectivity index (χ1n) is 4.75. The monoisotopic (exact) mass is 267 g/mol. The predicted molar refractivity (Wildman–Crippen MR) is 54.8 cm³/mol. The fourth-order valence-electron chi connectivity index (χ4n) is 1.41. The summed E-state index contributed by atoms with van der Waals surface area (Å²) in [7, 11) is -2.93. The molecule has 1 N–H and O–H groups in total. The standard InChI is InChI=1S/C8H13NO7S/c1-15-7(10)5-17(13,14)9-2-3-16-4-6(9)8(11)12/h6H,2-5H2,1H3,(H,11,12). The first-order chi connectivity index (χ1) is 7.88. The second kappa shape index (κ2) is 5.43. The van der Waals surface area contributed by atoms with Gasteiger partial charge in [0.2, 0.25) is 10.0 Å². The summed E-state index contributed by atoms with van der Waals surface area (Å²) in [6, 6.07) is -1.29. The number of carbonyl (C=O) groups is 2. The highest BCUT2D eigenvalue weighted by Crippen LogP contribution is 2.13. The van der Waals surface area contributed by atoms with Crippen LogP contribution in [0.4, 0.5) is 0 Å². The summed E-state index contributed by atoms with van der Waals surface area (Å²) in [5.41, 5.74) is 0. The van der Waals surface area contributed by atoms with Gasteiger partial charge in [-0.15, -0.1) is 0 Å². The van der Waals surface area contributed by atoms with Crippen LogP contribution in [0.2, 0.25) is 0 Å². The van der Waals surface area contributed by atoms with Crippen molar-refractivity contribution in [3.05, 3.63) is 0 Å². The van der Waals surface area contributed by atoms with Crippen LogP contribution in [0.25, 0.3) is 0 Å². The fraction of sp³-hybridized carbons (Fsp3) is 0.750. The Balaban J connectivity index is 2.87. The molecule has 0 saturated carbocycles. The fourth-order valence-corrected chi connectivity index (χ4v) is 2.88. The maximum absolute atomic E-state index is 11.8. The number of rotatable bonds is 4. The maximum atomic E-state index is 11.8. The zero-order valence-corrected chi connectivity index (χ0v) is 9.97. The van der Waals surface area contributed by atoms with Crippen molar-refractivity contribution in [1.29, 1.82) is 0 Å². The lowest BCUT2D eigenvalue weighted by Gasteiger charge is -2.31. The van der Waals surface area contributed by atoms with Crippen LogP contribution < -0.4 is 0 Å². The molecule has 0 aromatic carbocycles. The summed E-state index contributed by atoms with van der Waals surface area (Å²) in [6.45, 7) is -0.212. The number of hydrogen-bond acceptors (Lipinski definition) is 6. The third-order valence-corrected chi connectivity index (χ3v) is 4.00. The molecule has 0 amide bonds. The van der Waals surface area contributed by atoms with Gasteiger partial charge in [-0.05, 0) is 0 Å². The lowest BCUT2D eigenvalue weighted by molar-refractivity contribution is -0.146. The summed E-state index contributed by atoms with van der Waals surface area (Å²) >= 11 is 0. The molecule has 0 aromatic rings. The molecule has 1 atom stereocenters. The van der Waals surface area contributed by atoms with Gasteiger partial charge in [0.05, 0.1) is 20.3 Å². The van der Waals surface area contributed by atoms with E-state index in [1.807, 2.05) is 0 Å². The lowest BCUT2D eigenvalue weighted by Crippen LogP contribution is -2.53. The largest absolute Gasteiger partial charge is 0.480 e. The van der Waals surface area contributed by atoms with Crippen molar-refractivity contribution in [2.45, 2.75) is 6.04 Å². The van der Waals surface area contributed by atoms with E-state index >= 15 is 0 Å². The Labute approximate surface area is 98.2 Å². The van der Waals surface area contributed by atoms with Gasteiger partial charge >= 0.3 is 11.9 Å². The molecule has 0 aliphatic carbocycles. The SMILES string of the molecule is COC(=O)CS(=O)(=O)N1CCOCC1C(=O)O. The molecule has 1 aliphatic rings. The average molecular weight is 267 g/mol. The minimum absolute atomic E-state index is 0.0870. The smallest absolute Gasteiger partial charge is 0.324 e. The number of methoxy groups -OCH3 is 1. The first kappa shape index (κ1) is 13.9. The van der Waals surface area contributed by atoms with Crippen molar-refractivity contribution in [2.75, 3.05) is 32.6 Å². The summed E-state index contributed by atoms with van der Waals surface area (Å²) in [5.74, 6) is -3.11. The van der Waals surface area contributed by atoms with Crippen LogP contribution in [-0.2, 0) is 29.1 Å². The van der Waals surface area contributed by atoms with E-state index in [1.54, 1.807) is 0 Å². The molecule has 17 heavy (non-hydrogen) atoms. The number of ether oxygens (including phenoxy) is 2. The predicted octanol–water partition coefficient (Wildman–Crippen LogP) is -1.73. The molecule has 0 radical (unpaired) electrons. The Bertz CT molecular complexity index is 404. The molecule has 8 nitrogen and oxygen atoms in total. The maximum Gasteiger partial charge on any atom is 0.324 e. The Hall–Kier alpha value is -1.19. The quantitative estimate of drug-likeness (QED) is 0.603. The minimum Gasteiger partial charge on any atom is -0.480 e. The van der Waals surface area contributed by atoms with Gasteiger partial charge in [-0.2, -0.15) is 4.31 Å². The van der Waals surface area contributed by atoms with Gasteiger partial charge in [-0.25, -0.2) is 8.42 Å². The zero-order chi connectivity index (χ0) is 13.1. The molecule has 9 heteroatoms. The Morgan fingerprint density at radius 3 is 2.71 bits per heavy atom. The van der Waals surface area contributed by atoms with Gasteiger partial charge in [0.1, 0.15) is 6.04 Å². The van der Waals surface area contributed by atoms with Crippen molar-refractivity contribution in [2.24, 2.45) is 0 Å². The van der Waals surface area contributed by atoms with Crippen molar-refractivity contribution >= 4 is 22.0 Å². The highest BCUT2D eigenvalue weighted by molar-refractivity contribution is 7.89. The highest BCUT2D eigenvalue weighted by atomic mass is 32.2. The van der Waals surface area contributed by atoms with E-state index < -0.39 is 33.8 Å². The topological polar surface area (TPSA) is 110 Å². The Morgan fingerprint density at radius 2 is 2.18 bits per heavy atom. The van der Waals surface area contributed by atoms with Gasteiger partial charge in [0.25, 0.3) is 0 Å². The summed E-state index contributed by atoms with van der Waals surface area (Å²) in [4.78, 5) is 21.8. The Morgan fingerprint density at radius 1 is 1.53 bits per heavy atom. The van der Waals surface area contributed by atoms with Crippen molar-refractivity contribution in [1.82, 2.24) is 4.31 Å². The molecule has 0 bridgehead atoms. The van der Waals surface area contributed by atoms with Gasteiger partial charge in [0.15, 0.2) is 5.75 Å². The van der Waals surface area contributed by atoms with E-state index in [9.17, 15) is 18.0 Å². The molecule has 1 aliphatic heterocycles. The molecule has 1 saturated heterocycles. The number of sulfonamides is 1.